The van der Waals surface area contributed by atoms with Gasteiger partial charge in [-0.3, -0.25) is 19.5 Å². The van der Waals surface area contributed by atoms with Gasteiger partial charge >= 0.3 is 0 Å². The maximum Gasteiger partial charge on any atom is 0.271 e. The highest BCUT2D eigenvalue weighted by molar-refractivity contribution is 5.93. The number of halogens is 1. The average molecular weight is 590 g/mol. The summed E-state index contributed by atoms with van der Waals surface area (Å²) in [5.74, 6) is -0.964. The van der Waals surface area contributed by atoms with E-state index < -0.39 is 11.5 Å². The largest absolute Gasteiger partial charge is 0.344 e. The topological polar surface area (TPSA) is 98.4 Å². The Morgan fingerprint density at radius 1 is 1.12 bits per heavy atom. The predicted molar refractivity (Wildman–Crippen MR) is 166 cm³/mol. The van der Waals surface area contributed by atoms with Crippen LogP contribution in [0, 0.1) is 17.2 Å². The number of carbonyl (C=O) groups excluding carboxylic acids is 3. The Hall–Kier alpha value is -4.01. The standard InChI is InChI=1S/C34H44FN5O3/c1-6-23(2)31(41)36-30(34(3,4)5)33(43)40-19-10-13-27(40)22-39(20-18-24-14-16-26(35)17-15-24)32(42)29-21-28(37-38-29)25-11-8-7-9-12-25/h7-9,11-12,14-17,21,23,27,30H,6,10,13,18-20,22H2,1-5H3,(H,36,41)(H,37,38)/t23-,27+,30-/m1/s1. The van der Waals surface area contributed by atoms with E-state index >= 15 is 0 Å². The summed E-state index contributed by atoms with van der Waals surface area (Å²) < 4.78 is 13.5. The molecule has 0 spiro atoms. The summed E-state index contributed by atoms with van der Waals surface area (Å²) in [5, 5.41) is 10.3. The number of carbonyl (C=O) groups is 3. The molecule has 8 nitrogen and oxygen atoms in total. The van der Waals surface area contributed by atoms with Gasteiger partial charge in [-0.2, -0.15) is 5.10 Å². The number of likely N-dealkylation sites (tertiary alicyclic amines) is 1. The fourth-order valence-electron chi connectivity index (χ4n) is 5.40. The molecule has 1 aliphatic rings. The molecule has 0 aliphatic carbocycles. The van der Waals surface area contributed by atoms with Gasteiger partial charge in [0.05, 0.1) is 5.69 Å². The Morgan fingerprint density at radius 2 is 1.81 bits per heavy atom. The third-order valence-corrected chi connectivity index (χ3v) is 8.30. The maximum atomic E-state index is 14.0. The SMILES string of the molecule is CC[C@@H](C)C(=O)N[C@H](C(=O)N1CCC[C@H]1CN(CCc1ccc(F)cc1)C(=O)c1cc(-c2ccccc2)n[nH]1)C(C)(C)C. The molecule has 0 bridgehead atoms. The van der Waals surface area contributed by atoms with Crippen molar-refractivity contribution in [2.24, 2.45) is 11.3 Å². The quantitative estimate of drug-likeness (QED) is 0.310. The zero-order valence-corrected chi connectivity index (χ0v) is 25.9. The molecule has 1 aliphatic heterocycles. The normalized spacial score (nSPS) is 16.5. The number of aromatic nitrogens is 2. The number of hydrogen-bond donors (Lipinski definition) is 2. The smallest absolute Gasteiger partial charge is 0.271 e. The van der Waals surface area contributed by atoms with Crippen molar-refractivity contribution >= 4 is 17.7 Å². The van der Waals surface area contributed by atoms with E-state index in [-0.39, 0.29) is 35.5 Å². The second-order valence-corrected chi connectivity index (χ2v) is 12.6. The number of aromatic amines is 1. The summed E-state index contributed by atoms with van der Waals surface area (Å²) in [7, 11) is 0. The van der Waals surface area contributed by atoms with Crippen LogP contribution in [0.25, 0.3) is 11.3 Å². The highest BCUT2D eigenvalue weighted by atomic mass is 19.1. The van der Waals surface area contributed by atoms with Crippen LogP contribution < -0.4 is 5.32 Å². The van der Waals surface area contributed by atoms with Gasteiger partial charge in [0.2, 0.25) is 11.8 Å². The number of nitrogens with zero attached hydrogens (tertiary/aromatic N) is 3. The lowest BCUT2D eigenvalue weighted by Gasteiger charge is -2.37. The molecule has 4 rings (SSSR count). The van der Waals surface area contributed by atoms with Gasteiger partial charge in [0.1, 0.15) is 17.6 Å². The molecule has 0 unspecified atom stereocenters. The highest BCUT2D eigenvalue weighted by Crippen LogP contribution is 2.27. The van der Waals surface area contributed by atoms with Crippen molar-refractivity contribution in [3.8, 4) is 11.3 Å². The number of amides is 3. The Balaban J connectivity index is 1.56. The molecule has 2 heterocycles. The third kappa shape index (κ3) is 8.09. The van der Waals surface area contributed by atoms with Crippen molar-refractivity contribution in [2.75, 3.05) is 19.6 Å². The molecule has 2 N–H and O–H groups in total. The second kappa shape index (κ2) is 14.0. The van der Waals surface area contributed by atoms with Crippen LogP contribution in [0.5, 0.6) is 0 Å². The van der Waals surface area contributed by atoms with Crippen molar-refractivity contribution in [1.82, 2.24) is 25.3 Å². The predicted octanol–water partition coefficient (Wildman–Crippen LogP) is 5.47. The fourth-order valence-corrected chi connectivity index (χ4v) is 5.40. The van der Waals surface area contributed by atoms with Crippen LogP contribution in [0.4, 0.5) is 4.39 Å². The van der Waals surface area contributed by atoms with E-state index in [4.69, 9.17) is 0 Å². The van der Waals surface area contributed by atoms with Gasteiger partial charge in [-0.1, -0.05) is 77.1 Å². The monoisotopic (exact) mass is 589 g/mol. The molecule has 3 amide bonds. The van der Waals surface area contributed by atoms with E-state index in [2.05, 4.69) is 15.5 Å². The minimum atomic E-state index is -0.681. The first kappa shape index (κ1) is 31.9. The number of nitrogens with one attached hydrogen (secondary N) is 2. The first-order valence-corrected chi connectivity index (χ1v) is 15.2. The lowest BCUT2D eigenvalue weighted by atomic mass is 9.85. The summed E-state index contributed by atoms with van der Waals surface area (Å²) in [6, 6.07) is 16.8. The van der Waals surface area contributed by atoms with E-state index in [0.717, 1.165) is 24.0 Å². The molecule has 0 radical (unpaired) electrons. The first-order valence-electron chi connectivity index (χ1n) is 15.2. The number of rotatable bonds is 11. The summed E-state index contributed by atoms with van der Waals surface area (Å²) in [4.78, 5) is 44.3. The van der Waals surface area contributed by atoms with Crippen LogP contribution >= 0.6 is 0 Å². The minimum absolute atomic E-state index is 0.120. The van der Waals surface area contributed by atoms with E-state index in [1.807, 2.05) is 69.9 Å². The molecule has 230 valence electrons. The van der Waals surface area contributed by atoms with Gasteiger partial charge in [-0.15, -0.1) is 0 Å². The summed E-state index contributed by atoms with van der Waals surface area (Å²) in [6.45, 7) is 11.0. The van der Waals surface area contributed by atoms with Crippen molar-refractivity contribution in [1.29, 1.82) is 0 Å². The summed E-state index contributed by atoms with van der Waals surface area (Å²) in [6.07, 6.45) is 2.78. The van der Waals surface area contributed by atoms with E-state index in [0.29, 0.717) is 43.9 Å². The Bertz CT molecular complexity index is 1380. The van der Waals surface area contributed by atoms with Crippen molar-refractivity contribution in [2.45, 2.75) is 72.4 Å². The van der Waals surface area contributed by atoms with Crippen LogP contribution in [0.1, 0.15) is 69.9 Å². The molecule has 2 aromatic carbocycles. The van der Waals surface area contributed by atoms with Gasteiger partial charge in [0, 0.05) is 37.2 Å². The maximum absolute atomic E-state index is 14.0. The third-order valence-electron chi connectivity index (χ3n) is 8.30. The minimum Gasteiger partial charge on any atom is -0.344 e. The molecule has 3 atom stereocenters. The lowest BCUT2D eigenvalue weighted by molar-refractivity contribution is -0.141. The molecular weight excluding hydrogens is 545 g/mol. The molecule has 9 heteroatoms. The summed E-state index contributed by atoms with van der Waals surface area (Å²) in [5.41, 5.74) is 2.35. The zero-order valence-electron chi connectivity index (χ0n) is 25.9. The molecule has 1 aromatic heterocycles. The van der Waals surface area contributed by atoms with E-state index in [9.17, 15) is 18.8 Å². The molecule has 43 heavy (non-hydrogen) atoms. The molecule has 3 aromatic rings. The van der Waals surface area contributed by atoms with Gasteiger partial charge in [0.25, 0.3) is 5.91 Å². The van der Waals surface area contributed by atoms with Crippen LogP contribution in [0.2, 0.25) is 0 Å². The summed E-state index contributed by atoms with van der Waals surface area (Å²) >= 11 is 0. The van der Waals surface area contributed by atoms with E-state index in [1.54, 1.807) is 23.1 Å². The van der Waals surface area contributed by atoms with Crippen molar-refractivity contribution < 1.29 is 18.8 Å². The number of hydrogen-bond acceptors (Lipinski definition) is 4. The van der Waals surface area contributed by atoms with Crippen LogP contribution in [0.15, 0.2) is 60.7 Å². The first-order chi connectivity index (χ1) is 20.5. The van der Waals surface area contributed by atoms with Gasteiger partial charge in [-0.05, 0) is 54.9 Å². The Kier molecular flexibility index (Phi) is 10.4. The molecule has 1 fully saturated rings. The van der Waals surface area contributed by atoms with E-state index in [1.165, 1.54) is 12.1 Å². The van der Waals surface area contributed by atoms with Gasteiger partial charge in [-0.25, -0.2) is 4.39 Å². The Labute approximate surface area is 254 Å². The van der Waals surface area contributed by atoms with Crippen LogP contribution in [-0.4, -0.2) is 69.4 Å². The fraction of sp³-hybridized carbons (Fsp3) is 0.471. The number of benzene rings is 2. The number of H-pyrrole nitrogens is 1. The lowest BCUT2D eigenvalue weighted by Crippen LogP contribution is -2.57. The second-order valence-electron chi connectivity index (χ2n) is 12.6. The van der Waals surface area contributed by atoms with Crippen molar-refractivity contribution in [3.05, 3.63) is 77.7 Å². The molecule has 0 saturated carbocycles. The zero-order chi connectivity index (χ0) is 31.1. The van der Waals surface area contributed by atoms with Gasteiger partial charge < -0.3 is 15.1 Å². The Morgan fingerprint density at radius 3 is 2.47 bits per heavy atom. The van der Waals surface area contributed by atoms with Crippen LogP contribution in [0.3, 0.4) is 0 Å². The average Bonchev–Trinajstić information content (AvgIpc) is 3.68. The molecule has 1 saturated heterocycles. The molecular formula is C34H44FN5O3. The van der Waals surface area contributed by atoms with Crippen molar-refractivity contribution in [3.63, 3.8) is 0 Å². The van der Waals surface area contributed by atoms with Crippen LogP contribution in [-0.2, 0) is 16.0 Å². The van der Waals surface area contributed by atoms with Gasteiger partial charge in [0.15, 0.2) is 0 Å². The highest BCUT2D eigenvalue weighted by Gasteiger charge is 2.40.